The largest absolute Gasteiger partial charge is 0.867 e. The summed E-state index contributed by atoms with van der Waals surface area (Å²) >= 11 is 0. The number of hydrogen-bond donors (Lipinski definition) is 0. The Morgan fingerprint density at radius 3 is 2.10 bits per heavy atom. The molecule has 1 aliphatic carbocycles. The summed E-state index contributed by atoms with van der Waals surface area (Å²) in [6, 6.07) is 28.4. The zero-order valence-electron chi connectivity index (χ0n) is 17.2. The van der Waals surface area contributed by atoms with Crippen molar-refractivity contribution in [2.24, 2.45) is 0 Å². The number of carbonyl (C=O) groups excluding carboxylic acids is 1. The first-order valence-electron chi connectivity index (χ1n) is 10.3. The number of Topliss-reactive ketones (excluding diaryl/α,β-unsaturated/α-hetero) is 1. The molecule has 0 unspecified atom stereocenters. The molecule has 0 spiro atoms. The van der Waals surface area contributed by atoms with Crippen molar-refractivity contribution in [2.75, 3.05) is 0 Å². The van der Waals surface area contributed by atoms with Crippen molar-refractivity contribution in [3.63, 3.8) is 0 Å². The molecule has 3 aromatic carbocycles. The van der Waals surface area contributed by atoms with Gasteiger partial charge in [0.2, 0.25) is 0 Å². The second-order valence-corrected chi connectivity index (χ2v) is 7.80. The molecule has 0 N–H and O–H groups in total. The number of rotatable bonds is 4. The van der Waals surface area contributed by atoms with E-state index in [9.17, 15) is 9.90 Å². The van der Waals surface area contributed by atoms with Crippen LogP contribution in [0, 0.1) is 6.92 Å². The predicted molar refractivity (Wildman–Crippen MR) is 120 cm³/mol. The molecule has 0 atom stereocenters. The molecule has 1 aromatic heterocycles. The average molecular weight is 403 g/mol. The molecule has 1 aliphatic rings. The number of fused-ring (bicyclic) bond motifs is 3. The number of ketones is 1. The van der Waals surface area contributed by atoms with E-state index >= 15 is 0 Å². The number of benzene rings is 3. The summed E-state index contributed by atoms with van der Waals surface area (Å²) < 4.78 is 1.77. The fourth-order valence-corrected chi connectivity index (χ4v) is 4.25. The number of aromatic nitrogens is 1. The summed E-state index contributed by atoms with van der Waals surface area (Å²) in [5.74, 6) is -0.559. The van der Waals surface area contributed by atoms with Gasteiger partial charge in [0.1, 0.15) is 0 Å². The van der Waals surface area contributed by atoms with Gasteiger partial charge in [0.05, 0.1) is 0 Å². The Hall–Kier alpha value is -3.98. The Balaban J connectivity index is 1.72. The fourth-order valence-electron chi connectivity index (χ4n) is 4.25. The van der Waals surface area contributed by atoms with Gasteiger partial charge in [0, 0.05) is 30.5 Å². The highest BCUT2D eigenvalue weighted by Gasteiger charge is 2.29. The fraction of sp³-hybridized carbons (Fsp3) is 0.0714. The van der Waals surface area contributed by atoms with Gasteiger partial charge in [0.25, 0.3) is 11.5 Å². The van der Waals surface area contributed by atoms with Gasteiger partial charge in [-0.3, -0.25) is 4.79 Å². The maximum atomic E-state index is 13.6. The molecule has 0 amide bonds. The van der Waals surface area contributed by atoms with E-state index in [4.69, 9.17) is 0 Å². The first-order valence-corrected chi connectivity index (χ1v) is 10.3. The van der Waals surface area contributed by atoms with Crippen molar-refractivity contribution in [3.05, 3.63) is 125 Å². The van der Waals surface area contributed by atoms with E-state index in [0.717, 1.165) is 17.7 Å². The second-order valence-electron chi connectivity index (χ2n) is 7.80. The standard InChI is InChI=1S/C28H21NO2/c1-19-16-25-23(17-22-14-8-9-15-24(22)25)18-29(19)26(27(30)20-10-4-2-5-11-20)28(31)21-12-6-3-7-13-21/h2-16,18H,17H2,1H3. The van der Waals surface area contributed by atoms with Gasteiger partial charge in [-0.1, -0.05) is 84.9 Å². The first-order chi connectivity index (χ1) is 15.1. The number of hydrogen-bond acceptors (Lipinski definition) is 2. The molecule has 0 saturated carbocycles. The van der Waals surface area contributed by atoms with E-state index < -0.39 is 0 Å². The van der Waals surface area contributed by atoms with Crippen LogP contribution in [0.4, 0.5) is 0 Å². The summed E-state index contributed by atoms with van der Waals surface area (Å²) in [6.07, 6.45) is 2.75. The van der Waals surface area contributed by atoms with E-state index in [1.807, 2.05) is 61.7 Å². The van der Waals surface area contributed by atoms with Crippen LogP contribution in [0.5, 0.6) is 0 Å². The molecule has 0 saturated heterocycles. The van der Waals surface area contributed by atoms with Crippen LogP contribution >= 0.6 is 0 Å². The number of nitrogens with zero attached hydrogens (tertiary/aromatic N) is 1. The van der Waals surface area contributed by atoms with Gasteiger partial charge in [-0.2, -0.15) is 4.57 Å². The highest BCUT2D eigenvalue weighted by molar-refractivity contribution is 6.26. The van der Waals surface area contributed by atoms with Crippen LogP contribution < -0.4 is 9.67 Å². The van der Waals surface area contributed by atoms with Crippen molar-refractivity contribution >= 4 is 17.2 Å². The van der Waals surface area contributed by atoms with E-state index in [2.05, 4.69) is 18.2 Å². The zero-order chi connectivity index (χ0) is 21.4. The Labute approximate surface area is 181 Å². The average Bonchev–Trinajstić information content (AvgIpc) is 3.17. The number of carbonyl (C=O) groups is 1. The lowest BCUT2D eigenvalue weighted by Crippen LogP contribution is -2.42. The summed E-state index contributed by atoms with van der Waals surface area (Å²) in [5.41, 5.74) is 6.76. The lowest BCUT2D eigenvalue weighted by Gasteiger charge is -2.16. The van der Waals surface area contributed by atoms with Crippen molar-refractivity contribution < 1.29 is 14.5 Å². The molecule has 0 aliphatic heterocycles. The second kappa shape index (κ2) is 7.69. The molecule has 0 radical (unpaired) electrons. The van der Waals surface area contributed by atoms with Crippen LogP contribution in [0.15, 0.2) is 97.2 Å². The molecule has 3 nitrogen and oxygen atoms in total. The highest BCUT2D eigenvalue weighted by Crippen LogP contribution is 2.36. The molecule has 5 rings (SSSR count). The molecule has 0 bridgehead atoms. The van der Waals surface area contributed by atoms with Crippen LogP contribution in [0.2, 0.25) is 0 Å². The Morgan fingerprint density at radius 1 is 0.774 bits per heavy atom. The van der Waals surface area contributed by atoms with Crippen molar-refractivity contribution in [1.29, 1.82) is 0 Å². The minimum atomic E-state index is -0.280. The molecular formula is C28H21NO2. The Bertz CT molecular complexity index is 1320. The van der Waals surface area contributed by atoms with Crippen LogP contribution in [0.3, 0.4) is 0 Å². The quantitative estimate of drug-likeness (QED) is 0.193. The minimum Gasteiger partial charge on any atom is -0.867 e. The third kappa shape index (κ3) is 3.34. The minimum absolute atomic E-state index is 0.147. The highest BCUT2D eigenvalue weighted by atomic mass is 16.3. The third-order valence-electron chi connectivity index (χ3n) is 5.80. The summed E-state index contributed by atoms with van der Waals surface area (Å²) in [6.45, 7) is 1.94. The summed E-state index contributed by atoms with van der Waals surface area (Å²) in [5, 5.41) is 13.6. The summed E-state index contributed by atoms with van der Waals surface area (Å²) in [4.78, 5) is 13.6. The van der Waals surface area contributed by atoms with Gasteiger partial charge in [0.15, 0.2) is 11.9 Å². The number of aryl methyl sites for hydroxylation is 1. The zero-order valence-corrected chi connectivity index (χ0v) is 17.2. The van der Waals surface area contributed by atoms with E-state index in [-0.39, 0.29) is 17.2 Å². The molecule has 3 heteroatoms. The number of pyridine rings is 1. The smallest absolute Gasteiger partial charge is 0.256 e. The molecule has 1 heterocycles. The third-order valence-corrected chi connectivity index (χ3v) is 5.80. The topological polar surface area (TPSA) is 44.0 Å². The summed E-state index contributed by atoms with van der Waals surface area (Å²) in [7, 11) is 0. The van der Waals surface area contributed by atoms with Gasteiger partial charge in [-0.05, 0) is 28.0 Å². The maximum absolute atomic E-state index is 13.6. The van der Waals surface area contributed by atoms with Crippen molar-refractivity contribution in [3.8, 4) is 11.1 Å². The van der Waals surface area contributed by atoms with Gasteiger partial charge in [-0.15, -0.1) is 0 Å². The molecule has 0 fully saturated rings. The number of allylic oxidation sites excluding steroid dienone is 1. The monoisotopic (exact) mass is 403 g/mol. The normalized spacial score (nSPS) is 12.7. The van der Waals surface area contributed by atoms with Crippen molar-refractivity contribution in [1.82, 2.24) is 0 Å². The Kier molecular flexibility index (Phi) is 4.72. The van der Waals surface area contributed by atoms with Crippen LogP contribution in [0.25, 0.3) is 22.6 Å². The van der Waals surface area contributed by atoms with Crippen LogP contribution in [-0.2, 0) is 6.42 Å². The van der Waals surface area contributed by atoms with E-state index in [1.54, 1.807) is 28.8 Å². The Morgan fingerprint density at radius 2 is 1.39 bits per heavy atom. The first kappa shape index (κ1) is 19.0. The van der Waals surface area contributed by atoms with Gasteiger partial charge < -0.3 is 5.11 Å². The van der Waals surface area contributed by atoms with E-state index in [0.29, 0.717) is 11.1 Å². The van der Waals surface area contributed by atoms with E-state index in [1.165, 1.54) is 16.7 Å². The molecule has 150 valence electrons. The molecular weight excluding hydrogens is 382 g/mol. The predicted octanol–water partition coefficient (Wildman–Crippen LogP) is 4.42. The lowest BCUT2D eigenvalue weighted by atomic mass is 10.0. The van der Waals surface area contributed by atoms with Crippen LogP contribution in [-0.4, -0.2) is 5.78 Å². The maximum Gasteiger partial charge on any atom is 0.256 e. The van der Waals surface area contributed by atoms with Gasteiger partial charge >= 0.3 is 0 Å². The SMILES string of the molecule is Cc1cc2c(c[n+]1/C(C(=O)c1ccccc1)=C(\[O-])c1ccccc1)Cc1ccccc1-2. The molecule has 4 aromatic rings. The van der Waals surface area contributed by atoms with Gasteiger partial charge in [-0.25, -0.2) is 0 Å². The lowest BCUT2D eigenvalue weighted by molar-refractivity contribution is -0.586. The van der Waals surface area contributed by atoms with Crippen LogP contribution in [0.1, 0.15) is 32.7 Å². The van der Waals surface area contributed by atoms with Crippen molar-refractivity contribution in [2.45, 2.75) is 13.3 Å². The molecule has 31 heavy (non-hydrogen) atoms.